The van der Waals surface area contributed by atoms with Crippen LogP contribution >= 0.6 is 34.5 Å². The molecule has 1 aliphatic heterocycles. The van der Waals surface area contributed by atoms with Gasteiger partial charge in [-0.3, -0.25) is 23.3 Å². The number of thiol groups is 1. The molecule has 0 spiro atoms. The molecule has 19 heteroatoms. The van der Waals surface area contributed by atoms with Gasteiger partial charge in [-0.05, 0) is 24.0 Å². The highest BCUT2D eigenvalue weighted by atomic mass is 35.5. The number of halogens is 8. The topological polar surface area (TPSA) is 120 Å². The first-order valence-corrected chi connectivity index (χ1v) is 16.2. The molecule has 3 rings (SSSR count). The molecule has 1 fully saturated rings. The van der Waals surface area contributed by atoms with Gasteiger partial charge in [0.2, 0.25) is 5.91 Å². The lowest BCUT2D eigenvalue weighted by Gasteiger charge is -2.35. The molecular weight excluding hydrogens is 673 g/mol. The van der Waals surface area contributed by atoms with Gasteiger partial charge in [-0.2, -0.15) is 26.3 Å². The number of aliphatic hydroxyl groups is 1. The first-order chi connectivity index (χ1) is 19.7. The Morgan fingerprint density at radius 1 is 1.05 bits per heavy atom. The summed E-state index contributed by atoms with van der Waals surface area (Å²) in [5.41, 5.74) is -7.80. The number of carbonyl (C=O) groups is 3. The van der Waals surface area contributed by atoms with Gasteiger partial charge in [-0.25, -0.2) is 4.98 Å². The number of nitrogens with one attached hydrogen (secondary N) is 1. The van der Waals surface area contributed by atoms with Crippen molar-refractivity contribution in [2.75, 3.05) is 37.7 Å². The Labute approximate surface area is 256 Å². The second kappa shape index (κ2) is 12.5. The Kier molecular flexibility index (Phi) is 10.2. The van der Waals surface area contributed by atoms with E-state index in [-0.39, 0.29) is 58.8 Å². The number of hydrogen-bond donors (Lipinski definition) is 3. The van der Waals surface area contributed by atoms with Gasteiger partial charge >= 0.3 is 12.4 Å². The Bertz CT molecular complexity index is 1450. The highest BCUT2D eigenvalue weighted by Crippen LogP contribution is 2.54. The molecule has 43 heavy (non-hydrogen) atoms. The predicted octanol–water partition coefficient (Wildman–Crippen LogP) is 4.43. The molecule has 2 N–H and O–H groups in total. The average molecular weight is 700 g/mol. The van der Waals surface area contributed by atoms with Crippen molar-refractivity contribution < 1.29 is 50.0 Å². The van der Waals surface area contributed by atoms with Crippen LogP contribution in [0.4, 0.5) is 26.3 Å². The summed E-state index contributed by atoms with van der Waals surface area (Å²) in [7, 11) is -3.07. The quantitative estimate of drug-likeness (QED) is 0.291. The molecule has 9 nitrogen and oxygen atoms in total. The molecule has 3 amide bonds. The molecule has 0 bridgehead atoms. The summed E-state index contributed by atoms with van der Waals surface area (Å²) in [5.74, 6) is -1.93. The lowest BCUT2D eigenvalue weighted by Crippen LogP contribution is -2.54. The van der Waals surface area contributed by atoms with Crippen LogP contribution in [-0.4, -0.2) is 91.9 Å². The lowest BCUT2D eigenvalue weighted by atomic mass is 9.91. The molecule has 0 saturated carbocycles. The zero-order chi connectivity index (χ0) is 32.7. The minimum atomic E-state index is -6.23. The Hall–Kier alpha value is -2.47. The molecule has 0 atom stereocenters. The van der Waals surface area contributed by atoms with Crippen LogP contribution in [0.3, 0.4) is 0 Å². The SMILES string of the molecule is CCN(CC)C(=O)c1nc(C(=O)N2CC[SH](=O)(NC(C)=O)CC2)sc1-c1ccc(C(O)(C(F)(F)F)C(F)(F)F)c(Cl)c1Cl. The fourth-order valence-electron chi connectivity index (χ4n) is 4.40. The van der Waals surface area contributed by atoms with Crippen LogP contribution in [0, 0.1) is 0 Å². The maximum atomic E-state index is 13.5. The van der Waals surface area contributed by atoms with Crippen molar-refractivity contribution in [3.63, 3.8) is 0 Å². The van der Waals surface area contributed by atoms with Crippen molar-refractivity contribution in [3.8, 4) is 10.4 Å². The second-order valence-electron chi connectivity index (χ2n) is 9.47. The van der Waals surface area contributed by atoms with E-state index in [0.29, 0.717) is 17.4 Å². The molecule has 240 valence electrons. The van der Waals surface area contributed by atoms with E-state index in [9.17, 15) is 50.0 Å². The molecule has 0 aliphatic carbocycles. The van der Waals surface area contributed by atoms with Crippen molar-refractivity contribution in [3.05, 3.63) is 38.4 Å². The van der Waals surface area contributed by atoms with Gasteiger partial charge in [0.25, 0.3) is 17.4 Å². The van der Waals surface area contributed by atoms with E-state index in [2.05, 4.69) is 9.71 Å². The summed E-state index contributed by atoms with van der Waals surface area (Å²) in [6.07, 6.45) is -12.5. The molecule has 1 saturated heterocycles. The largest absolute Gasteiger partial charge is 0.430 e. The minimum absolute atomic E-state index is 0.0218. The van der Waals surface area contributed by atoms with E-state index < -0.39 is 61.4 Å². The van der Waals surface area contributed by atoms with Crippen LogP contribution in [-0.2, 0) is 20.5 Å². The van der Waals surface area contributed by atoms with Crippen molar-refractivity contribution in [1.29, 1.82) is 0 Å². The molecule has 1 aromatic carbocycles. The maximum Gasteiger partial charge on any atom is 0.430 e. The van der Waals surface area contributed by atoms with E-state index in [4.69, 9.17) is 23.2 Å². The molecule has 0 unspecified atom stereocenters. The fraction of sp³-hybridized carbons (Fsp3) is 0.500. The van der Waals surface area contributed by atoms with Crippen LogP contribution < -0.4 is 4.72 Å². The van der Waals surface area contributed by atoms with E-state index in [1.165, 1.54) is 16.7 Å². The van der Waals surface area contributed by atoms with E-state index in [1.807, 2.05) is 0 Å². The number of alkyl halides is 6. The van der Waals surface area contributed by atoms with Crippen LogP contribution in [0.1, 0.15) is 46.6 Å². The van der Waals surface area contributed by atoms with Gasteiger partial charge < -0.3 is 14.9 Å². The van der Waals surface area contributed by atoms with Crippen LogP contribution in [0.5, 0.6) is 0 Å². The summed E-state index contributed by atoms with van der Waals surface area (Å²) in [6.45, 7) is 4.83. The van der Waals surface area contributed by atoms with Gasteiger partial charge in [-0.15, -0.1) is 11.3 Å². The second-order valence-corrected chi connectivity index (χ2v) is 14.1. The standard InChI is InChI=1S/C24H26Cl2F6N4O5S2/c1-4-35(5-2)20(38)17-18(42-19(33-17)21(39)36-8-10-43(41,11-9-36)34-12(3)37)13-6-7-14(16(26)15(13)25)22(40,23(27,28)29)24(30,31)32/h6-7,40,43H,4-5,8-11H2,1-3H3,(H,34,37,41). The van der Waals surface area contributed by atoms with Crippen LogP contribution in [0.25, 0.3) is 10.4 Å². The number of amides is 3. The number of benzene rings is 1. The third-order valence-corrected chi connectivity index (χ3v) is 11.2. The van der Waals surface area contributed by atoms with Crippen molar-refractivity contribution >= 4 is 62.4 Å². The number of rotatable bonds is 7. The van der Waals surface area contributed by atoms with Crippen molar-refractivity contribution in [2.45, 2.75) is 38.7 Å². The summed E-state index contributed by atoms with van der Waals surface area (Å²) in [4.78, 5) is 44.7. The average Bonchev–Trinajstić information content (AvgIpc) is 3.33. The summed E-state index contributed by atoms with van der Waals surface area (Å²) in [5, 5.41) is 7.46. The summed E-state index contributed by atoms with van der Waals surface area (Å²) >= 11 is 12.7. The van der Waals surface area contributed by atoms with E-state index >= 15 is 0 Å². The van der Waals surface area contributed by atoms with Crippen LogP contribution in [0.2, 0.25) is 10.0 Å². The van der Waals surface area contributed by atoms with E-state index in [0.717, 1.165) is 6.07 Å². The number of hydrogen-bond acceptors (Lipinski definition) is 7. The molecule has 0 radical (unpaired) electrons. The maximum absolute atomic E-state index is 13.5. The third kappa shape index (κ3) is 6.65. The Morgan fingerprint density at radius 3 is 2.05 bits per heavy atom. The van der Waals surface area contributed by atoms with Crippen molar-refractivity contribution in [2.24, 2.45) is 0 Å². The first kappa shape index (κ1) is 35.0. The Morgan fingerprint density at radius 2 is 1.58 bits per heavy atom. The fourth-order valence-corrected chi connectivity index (χ4v) is 8.22. The smallest absolute Gasteiger partial charge is 0.369 e. The minimum Gasteiger partial charge on any atom is -0.369 e. The van der Waals surface area contributed by atoms with Gasteiger partial charge in [0, 0.05) is 55.7 Å². The van der Waals surface area contributed by atoms with Gasteiger partial charge in [0.05, 0.1) is 14.9 Å². The zero-order valence-electron chi connectivity index (χ0n) is 22.7. The number of thiazole rings is 1. The highest BCUT2D eigenvalue weighted by Gasteiger charge is 2.72. The summed E-state index contributed by atoms with van der Waals surface area (Å²) < 4.78 is 96.4. The molecule has 1 aliphatic rings. The molecule has 1 aromatic heterocycles. The van der Waals surface area contributed by atoms with Crippen molar-refractivity contribution in [1.82, 2.24) is 19.5 Å². The van der Waals surface area contributed by atoms with Gasteiger partial charge in [-0.1, -0.05) is 35.3 Å². The van der Waals surface area contributed by atoms with Gasteiger partial charge in [0.15, 0.2) is 5.01 Å². The normalized spacial score (nSPS) is 16.5. The highest BCUT2D eigenvalue weighted by molar-refractivity contribution is 8.01. The number of aromatic nitrogens is 1. The van der Waals surface area contributed by atoms with Crippen LogP contribution in [0.15, 0.2) is 12.1 Å². The zero-order valence-corrected chi connectivity index (χ0v) is 25.9. The summed E-state index contributed by atoms with van der Waals surface area (Å²) in [6, 6.07) is 1.01. The van der Waals surface area contributed by atoms with E-state index in [1.54, 1.807) is 13.8 Å². The third-order valence-electron chi connectivity index (χ3n) is 6.71. The predicted molar refractivity (Wildman–Crippen MR) is 150 cm³/mol. The number of carbonyl (C=O) groups excluding carboxylic acids is 3. The number of nitrogens with zero attached hydrogens (tertiary/aromatic N) is 3. The Balaban J connectivity index is 2.13. The molecule has 2 heterocycles. The molecule has 2 aromatic rings. The lowest BCUT2D eigenvalue weighted by molar-refractivity contribution is -0.376. The molecular formula is C24H26Cl2F6N4O5S2. The first-order valence-electron chi connectivity index (χ1n) is 12.5. The monoisotopic (exact) mass is 698 g/mol. The van der Waals surface area contributed by atoms with Gasteiger partial charge in [0.1, 0.15) is 5.69 Å².